The summed E-state index contributed by atoms with van der Waals surface area (Å²) < 4.78 is 0. The molecule has 0 aliphatic heterocycles. The fourth-order valence-electron chi connectivity index (χ4n) is 0. The second-order valence-electron chi connectivity index (χ2n) is 0. The lowest BCUT2D eigenvalue weighted by atomic mass is 16.0. The first-order valence-corrected chi connectivity index (χ1v) is 0. The van der Waals surface area contributed by atoms with Gasteiger partial charge in [0.2, 0.25) is 0 Å². The van der Waals surface area contributed by atoms with Crippen molar-refractivity contribution in [2.75, 3.05) is 0 Å². The standard InChI is InChI=1S/26H2O/h26*1H2. The van der Waals surface area contributed by atoms with E-state index >= 15 is 0 Å². The van der Waals surface area contributed by atoms with Crippen LogP contribution in [0, 0.1) is 0 Å². The van der Waals surface area contributed by atoms with Crippen LogP contribution in [0.3, 0.4) is 0 Å². The molecule has 0 saturated carbocycles. The molecule has 0 spiro atoms. The fraction of sp³-hybridized carbons (Fsp3) is 0. The van der Waals surface area contributed by atoms with Gasteiger partial charge in [0.25, 0.3) is 0 Å². The van der Waals surface area contributed by atoms with Crippen LogP contribution in [-0.4, -0.2) is 142 Å². The Kier molecular flexibility index (Phi) is 5950000. The molecule has 0 radical (unpaired) electrons. The summed E-state index contributed by atoms with van der Waals surface area (Å²) in [5.41, 5.74) is 0. The van der Waals surface area contributed by atoms with Crippen LogP contribution in [0.4, 0.5) is 0 Å². The predicted molar refractivity (Wildman–Crippen MR) is 94.0 cm³/mol. The van der Waals surface area contributed by atoms with Crippen LogP contribution in [0.2, 0.25) is 0 Å². The largest absolute Gasteiger partial charge is 0.412 e. The number of hydrogen-bond donors (Lipinski definition) is 0. The third kappa shape index (κ3) is 10200. The van der Waals surface area contributed by atoms with Crippen LogP contribution >= 0.6 is 0 Å². The molecular formula is H52O26. The Morgan fingerprint density at radius 3 is 0.0385 bits per heavy atom. The van der Waals surface area contributed by atoms with Crippen molar-refractivity contribution in [3.8, 4) is 0 Å². The van der Waals surface area contributed by atoms with E-state index in [0.717, 1.165) is 0 Å². The molecule has 0 amide bonds. The van der Waals surface area contributed by atoms with Crippen LogP contribution in [-0.2, 0) is 0 Å². The van der Waals surface area contributed by atoms with Gasteiger partial charge in [-0.1, -0.05) is 0 Å². The molecule has 0 aliphatic rings. The summed E-state index contributed by atoms with van der Waals surface area (Å²) in [6, 6.07) is 0. The highest BCUT2D eigenvalue weighted by Crippen LogP contribution is -0.264. The van der Waals surface area contributed by atoms with Crippen molar-refractivity contribution < 1.29 is 142 Å². The summed E-state index contributed by atoms with van der Waals surface area (Å²) in [5.74, 6) is 0. The third-order valence-electron chi connectivity index (χ3n) is 0. The van der Waals surface area contributed by atoms with Crippen LogP contribution in [0.25, 0.3) is 0 Å². The summed E-state index contributed by atoms with van der Waals surface area (Å²) in [7, 11) is 0. The maximum atomic E-state index is 0. The van der Waals surface area contributed by atoms with Gasteiger partial charge in [-0.05, 0) is 0 Å². The van der Waals surface area contributed by atoms with Crippen molar-refractivity contribution in [2.24, 2.45) is 0 Å². The molecule has 0 aromatic heterocycles. The zero-order valence-electron chi connectivity index (χ0n) is 13.0. The van der Waals surface area contributed by atoms with Gasteiger partial charge in [0, 0.05) is 0 Å². The van der Waals surface area contributed by atoms with E-state index in [2.05, 4.69) is 0 Å². The molecule has 0 bridgehead atoms. The van der Waals surface area contributed by atoms with Gasteiger partial charge in [0.15, 0.2) is 0 Å². The quantitative estimate of drug-likeness (QED) is 0.319. The molecule has 0 aliphatic carbocycles. The third-order valence-corrected chi connectivity index (χ3v) is 0. The Labute approximate surface area is 144 Å². The van der Waals surface area contributed by atoms with E-state index in [0.29, 0.717) is 0 Å². The lowest BCUT2D eigenvalue weighted by Crippen LogP contribution is -0.290. The van der Waals surface area contributed by atoms with Crippen molar-refractivity contribution in [1.82, 2.24) is 0 Å². The fourth-order valence-corrected chi connectivity index (χ4v) is 0. The van der Waals surface area contributed by atoms with Crippen molar-refractivity contribution >= 4 is 0 Å². The van der Waals surface area contributed by atoms with Gasteiger partial charge in [-0.3, -0.25) is 0 Å². The monoisotopic (exact) mass is 468 g/mol. The topological polar surface area (TPSA) is 819 Å². The van der Waals surface area contributed by atoms with Gasteiger partial charge in [-0.2, -0.15) is 0 Å². The molecule has 26 nitrogen and oxygen atoms in total. The first kappa shape index (κ1) is 13200. The number of hydrogen-bond acceptors (Lipinski definition) is 0. The normalized spacial score (nSPS) is 0. The maximum absolute atomic E-state index is 0. The Balaban J connectivity index is 0. The average Bonchev–Trinajstić information content (AvgIpc) is 0. The van der Waals surface area contributed by atoms with Crippen molar-refractivity contribution in [3.05, 3.63) is 0 Å². The van der Waals surface area contributed by atoms with E-state index < -0.39 is 0 Å². The Bertz CT molecular complexity index is 0. The van der Waals surface area contributed by atoms with Gasteiger partial charge in [0.1, 0.15) is 0 Å². The number of rotatable bonds is 0. The summed E-state index contributed by atoms with van der Waals surface area (Å²) >= 11 is 0. The minimum atomic E-state index is 0. The van der Waals surface area contributed by atoms with Crippen LogP contribution in [0.15, 0.2) is 0 Å². The second kappa shape index (κ2) is 11700. The van der Waals surface area contributed by atoms with E-state index in [9.17, 15) is 0 Å². The highest BCUT2D eigenvalue weighted by Gasteiger charge is -0.387. The first-order valence-electron chi connectivity index (χ1n) is 0. The molecule has 0 heterocycles. The minimum absolute atomic E-state index is 0. The zero-order valence-corrected chi connectivity index (χ0v) is 13.0. The molecule has 26 heteroatoms. The molecular weight excluding hydrogens is 416 g/mol. The van der Waals surface area contributed by atoms with Crippen LogP contribution in [0.5, 0.6) is 0 Å². The highest BCUT2D eigenvalue weighted by molar-refractivity contribution is 0.849. The van der Waals surface area contributed by atoms with E-state index in [1.165, 1.54) is 0 Å². The summed E-state index contributed by atoms with van der Waals surface area (Å²) in [5, 5.41) is 0. The molecule has 208 valence electrons. The molecule has 0 unspecified atom stereocenters. The molecule has 0 rings (SSSR count). The van der Waals surface area contributed by atoms with Gasteiger partial charge in [-0.25, -0.2) is 0 Å². The van der Waals surface area contributed by atoms with Crippen molar-refractivity contribution in [3.63, 3.8) is 0 Å². The van der Waals surface area contributed by atoms with Crippen molar-refractivity contribution in [1.29, 1.82) is 0 Å². The van der Waals surface area contributed by atoms with Gasteiger partial charge >= 0.3 is 0 Å². The maximum Gasteiger partial charge on any atom is -0.412 e. The van der Waals surface area contributed by atoms with E-state index in [4.69, 9.17) is 0 Å². The molecule has 0 atom stereocenters. The Hall–Kier alpha value is -1.04. The Morgan fingerprint density at radius 1 is 0.0385 bits per heavy atom. The van der Waals surface area contributed by atoms with Crippen LogP contribution in [0.1, 0.15) is 0 Å². The molecule has 0 saturated heterocycles. The van der Waals surface area contributed by atoms with Crippen LogP contribution < -0.4 is 0 Å². The SMILES string of the molecule is O.O.O.O.O.O.O.O.O.O.O.O.O.O.O.O.O.O.O.O.O.O.O.O.O.O. The second-order valence-corrected chi connectivity index (χ2v) is 0. The lowest BCUT2D eigenvalue weighted by Gasteiger charge is -0.413. The summed E-state index contributed by atoms with van der Waals surface area (Å²) in [6.45, 7) is 0. The van der Waals surface area contributed by atoms with Crippen molar-refractivity contribution in [2.45, 2.75) is 0 Å². The summed E-state index contributed by atoms with van der Waals surface area (Å²) in [4.78, 5) is 0. The van der Waals surface area contributed by atoms with Gasteiger partial charge < -0.3 is 142 Å². The molecule has 52 N–H and O–H groups in total. The lowest BCUT2D eigenvalue weighted by molar-refractivity contribution is 0.823. The molecule has 0 aromatic carbocycles. The molecule has 0 aromatic rings. The minimum Gasteiger partial charge on any atom is -0.412 e. The van der Waals surface area contributed by atoms with Gasteiger partial charge in [-0.15, -0.1) is 0 Å². The van der Waals surface area contributed by atoms with E-state index in [1.54, 1.807) is 0 Å². The molecule has 0 fully saturated rings. The average molecular weight is 468 g/mol. The highest BCUT2D eigenvalue weighted by atomic mass is 16.0. The molecule has 26 heavy (non-hydrogen) atoms. The Morgan fingerprint density at radius 2 is 0.0385 bits per heavy atom. The predicted octanol–water partition coefficient (Wildman–Crippen LogP) is -21.4. The zero-order chi connectivity index (χ0) is 0. The summed E-state index contributed by atoms with van der Waals surface area (Å²) in [6.07, 6.45) is 0. The van der Waals surface area contributed by atoms with E-state index in [-0.39, 0.29) is 142 Å². The van der Waals surface area contributed by atoms with Gasteiger partial charge in [0.05, 0.1) is 0 Å². The van der Waals surface area contributed by atoms with E-state index in [1.807, 2.05) is 0 Å². The first-order chi connectivity index (χ1) is 0. The smallest absolute Gasteiger partial charge is 0.412 e.